The van der Waals surface area contributed by atoms with Crippen molar-refractivity contribution < 1.29 is 4.79 Å². The van der Waals surface area contributed by atoms with Crippen molar-refractivity contribution in [3.05, 3.63) is 81.5 Å². The summed E-state index contributed by atoms with van der Waals surface area (Å²) in [6.07, 6.45) is 3.96. The number of carbonyl (C=O) groups is 1. The van der Waals surface area contributed by atoms with Gasteiger partial charge >= 0.3 is 0 Å². The number of aromatic nitrogens is 3. The summed E-state index contributed by atoms with van der Waals surface area (Å²) in [5.41, 5.74) is 8.99. The Morgan fingerprint density at radius 1 is 1.13 bits per heavy atom. The first kappa shape index (κ1) is 21.0. The maximum Gasteiger partial charge on any atom is 0.293 e. The van der Waals surface area contributed by atoms with Crippen LogP contribution in [-0.2, 0) is 24.3 Å². The van der Waals surface area contributed by atoms with Crippen molar-refractivity contribution in [2.24, 2.45) is 0 Å². The molecule has 0 fully saturated rings. The van der Waals surface area contributed by atoms with E-state index in [9.17, 15) is 9.59 Å². The van der Waals surface area contributed by atoms with Crippen LogP contribution in [0.1, 0.15) is 22.4 Å². The Morgan fingerprint density at radius 3 is 2.67 bits per heavy atom. The molecular formula is C22H26N6O2. The standard InChI is InChI=1S/C22H26N6O2/c1-15-12-27-21(25-10-8-17-6-4-3-5-7-17)22(30)28(15)14-19(29)26-13-18-9-11-24-20(23)16(18)2/h3-7,9,11-12H,8,10,13-14H2,1-2H3,(H2,23,24)(H,25,27)(H,26,29). The van der Waals surface area contributed by atoms with Gasteiger partial charge in [-0.2, -0.15) is 0 Å². The van der Waals surface area contributed by atoms with Crippen LogP contribution >= 0.6 is 0 Å². The van der Waals surface area contributed by atoms with Crippen LogP contribution in [0.5, 0.6) is 0 Å². The lowest BCUT2D eigenvalue weighted by atomic mass is 10.1. The van der Waals surface area contributed by atoms with Crippen LogP contribution in [-0.4, -0.2) is 27.0 Å². The van der Waals surface area contributed by atoms with E-state index in [1.54, 1.807) is 19.3 Å². The molecule has 1 amide bonds. The molecule has 0 aliphatic carbocycles. The van der Waals surface area contributed by atoms with Crippen molar-refractivity contribution >= 4 is 17.5 Å². The fourth-order valence-corrected chi connectivity index (χ4v) is 3.04. The summed E-state index contributed by atoms with van der Waals surface area (Å²) in [4.78, 5) is 33.4. The third kappa shape index (κ3) is 5.22. The molecule has 0 saturated heterocycles. The Morgan fingerprint density at radius 2 is 1.90 bits per heavy atom. The van der Waals surface area contributed by atoms with Gasteiger partial charge in [-0.3, -0.25) is 14.2 Å². The van der Waals surface area contributed by atoms with Crippen molar-refractivity contribution in [2.45, 2.75) is 33.4 Å². The first-order valence-electron chi connectivity index (χ1n) is 9.76. The van der Waals surface area contributed by atoms with Crippen LogP contribution < -0.4 is 21.9 Å². The van der Waals surface area contributed by atoms with Crippen molar-refractivity contribution in [1.29, 1.82) is 0 Å². The molecule has 0 aliphatic rings. The molecule has 8 heteroatoms. The fraction of sp³-hybridized carbons (Fsp3) is 0.273. The Balaban J connectivity index is 1.62. The molecule has 0 aliphatic heterocycles. The van der Waals surface area contributed by atoms with Gasteiger partial charge in [0.05, 0.1) is 0 Å². The van der Waals surface area contributed by atoms with Gasteiger partial charge in [0.1, 0.15) is 12.4 Å². The molecule has 3 aromatic rings. The van der Waals surface area contributed by atoms with Crippen LogP contribution in [0.15, 0.2) is 53.6 Å². The van der Waals surface area contributed by atoms with Gasteiger partial charge in [0.2, 0.25) is 5.91 Å². The number of anilines is 2. The number of pyridine rings is 1. The molecule has 8 nitrogen and oxygen atoms in total. The van der Waals surface area contributed by atoms with Crippen LogP contribution in [0.3, 0.4) is 0 Å². The van der Waals surface area contributed by atoms with Gasteiger partial charge in [-0.05, 0) is 43.0 Å². The smallest absolute Gasteiger partial charge is 0.293 e. The summed E-state index contributed by atoms with van der Waals surface area (Å²) in [6, 6.07) is 11.8. The van der Waals surface area contributed by atoms with Crippen LogP contribution in [0.2, 0.25) is 0 Å². The number of nitrogens with zero attached hydrogens (tertiary/aromatic N) is 3. The first-order chi connectivity index (χ1) is 14.5. The lowest BCUT2D eigenvalue weighted by Gasteiger charge is -2.13. The highest BCUT2D eigenvalue weighted by Gasteiger charge is 2.12. The van der Waals surface area contributed by atoms with Gasteiger partial charge in [0, 0.05) is 31.2 Å². The lowest BCUT2D eigenvalue weighted by Crippen LogP contribution is -2.34. The monoisotopic (exact) mass is 406 g/mol. The van der Waals surface area contributed by atoms with Crippen LogP contribution in [0, 0.1) is 13.8 Å². The Hall–Kier alpha value is -3.68. The maximum absolute atomic E-state index is 12.8. The molecule has 0 atom stereocenters. The number of rotatable bonds is 8. The molecule has 1 aromatic carbocycles. The summed E-state index contributed by atoms with van der Waals surface area (Å²) in [7, 11) is 0. The molecule has 2 heterocycles. The first-order valence-corrected chi connectivity index (χ1v) is 9.76. The predicted octanol–water partition coefficient (Wildman–Crippen LogP) is 1.81. The zero-order valence-corrected chi connectivity index (χ0v) is 17.2. The lowest BCUT2D eigenvalue weighted by molar-refractivity contribution is -0.121. The Labute approximate surface area is 175 Å². The van der Waals surface area contributed by atoms with Gasteiger partial charge < -0.3 is 16.4 Å². The van der Waals surface area contributed by atoms with E-state index in [1.165, 1.54) is 10.1 Å². The minimum absolute atomic E-state index is 0.0832. The molecule has 0 saturated carbocycles. The predicted molar refractivity (Wildman–Crippen MR) is 117 cm³/mol. The molecule has 0 bridgehead atoms. The van der Waals surface area contributed by atoms with Gasteiger partial charge in [0.15, 0.2) is 5.82 Å². The van der Waals surface area contributed by atoms with Gasteiger partial charge in [-0.1, -0.05) is 30.3 Å². The Bertz CT molecular complexity index is 1080. The average molecular weight is 406 g/mol. The highest BCUT2D eigenvalue weighted by Crippen LogP contribution is 2.12. The quantitative estimate of drug-likeness (QED) is 0.526. The highest BCUT2D eigenvalue weighted by molar-refractivity contribution is 5.76. The molecular weight excluding hydrogens is 380 g/mol. The fourth-order valence-electron chi connectivity index (χ4n) is 3.04. The molecule has 30 heavy (non-hydrogen) atoms. The third-order valence-electron chi connectivity index (χ3n) is 4.94. The third-order valence-corrected chi connectivity index (χ3v) is 4.94. The molecule has 3 rings (SSSR count). The van der Waals surface area contributed by atoms with Crippen molar-refractivity contribution in [3.8, 4) is 0 Å². The van der Waals surface area contributed by atoms with Crippen LogP contribution in [0.25, 0.3) is 0 Å². The summed E-state index contributed by atoms with van der Waals surface area (Å²) in [6.45, 7) is 4.42. The highest BCUT2D eigenvalue weighted by atomic mass is 16.2. The number of nitrogens with two attached hydrogens (primary N) is 1. The molecule has 0 radical (unpaired) electrons. The molecule has 0 spiro atoms. The second-order valence-corrected chi connectivity index (χ2v) is 7.06. The number of nitrogens with one attached hydrogen (secondary N) is 2. The van der Waals surface area contributed by atoms with E-state index in [1.807, 2.05) is 43.3 Å². The Kier molecular flexibility index (Phi) is 6.79. The minimum atomic E-state index is -0.317. The number of aryl methyl sites for hydroxylation is 1. The normalized spacial score (nSPS) is 10.6. The summed E-state index contributed by atoms with van der Waals surface area (Å²) in [5, 5.41) is 5.91. The number of amides is 1. The van der Waals surface area contributed by atoms with Gasteiger partial charge in [0.25, 0.3) is 5.56 Å². The molecule has 156 valence electrons. The number of nitrogen functional groups attached to an aromatic ring is 1. The molecule has 0 unspecified atom stereocenters. The summed E-state index contributed by atoms with van der Waals surface area (Å²) >= 11 is 0. The van der Waals surface area contributed by atoms with E-state index in [2.05, 4.69) is 20.6 Å². The second-order valence-electron chi connectivity index (χ2n) is 7.06. The SMILES string of the molecule is Cc1c(CNC(=O)Cn2c(C)cnc(NCCc3ccccc3)c2=O)ccnc1N. The van der Waals surface area contributed by atoms with E-state index in [0.717, 1.165) is 17.5 Å². The second kappa shape index (κ2) is 9.69. The van der Waals surface area contributed by atoms with Crippen molar-refractivity contribution in [1.82, 2.24) is 19.9 Å². The van der Waals surface area contributed by atoms with Gasteiger partial charge in [-0.15, -0.1) is 0 Å². The average Bonchev–Trinajstić information content (AvgIpc) is 2.74. The minimum Gasteiger partial charge on any atom is -0.383 e. The summed E-state index contributed by atoms with van der Waals surface area (Å²) < 4.78 is 1.42. The zero-order valence-electron chi connectivity index (χ0n) is 17.2. The van der Waals surface area contributed by atoms with E-state index in [0.29, 0.717) is 24.6 Å². The van der Waals surface area contributed by atoms with Gasteiger partial charge in [-0.25, -0.2) is 9.97 Å². The van der Waals surface area contributed by atoms with Crippen molar-refractivity contribution in [3.63, 3.8) is 0 Å². The van der Waals surface area contributed by atoms with E-state index in [-0.39, 0.29) is 23.8 Å². The number of benzene rings is 1. The van der Waals surface area contributed by atoms with E-state index in [4.69, 9.17) is 5.73 Å². The maximum atomic E-state index is 12.8. The zero-order chi connectivity index (χ0) is 21.5. The molecule has 4 N–H and O–H groups in total. The number of hydrogen-bond acceptors (Lipinski definition) is 6. The largest absolute Gasteiger partial charge is 0.383 e. The topological polar surface area (TPSA) is 115 Å². The van der Waals surface area contributed by atoms with E-state index < -0.39 is 0 Å². The summed E-state index contributed by atoms with van der Waals surface area (Å²) in [5.74, 6) is 0.410. The van der Waals surface area contributed by atoms with E-state index >= 15 is 0 Å². The number of carbonyl (C=O) groups excluding carboxylic acids is 1. The van der Waals surface area contributed by atoms with Crippen molar-refractivity contribution in [2.75, 3.05) is 17.6 Å². The van der Waals surface area contributed by atoms with Crippen LogP contribution in [0.4, 0.5) is 11.6 Å². The number of hydrogen-bond donors (Lipinski definition) is 3. The molecule has 2 aromatic heterocycles.